The van der Waals surface area contributed by atoms with E-state index in [4.69, 9.17) is 16.3 Å². The van der Waals surface area contributed by atoms with Crippen molar-refractivity contribution < 1.29 is 9.13 Å². The second-order valence-corrected chi connectivity index (χ2v) is 4.95. The topological polar surface area (TPSA) is 21.3 Å². The summed E-state index contributed by atoms with van der Waals surface area (Å²) in [5.74, 6) is 0.619. The zero-order valence-electron chi connectivity index (χ0n) is 11.3. The van der Waals surface area contributed by atoms with Gasteiger partial charge in [-0.25, -0.2) is 4.39 Å². The van der Waals surface area contributed by atoms with Crippen molar-refractivity contribution in [1.82, 2.24) is 5.32 Å². The van der Waals surface area contributed by atoms with Gasteiger partial charge in [0.2, 0.25) is 0 Å². The highest BCUT2D eigenvalue weighted by Crippen LogP contribution is 2.15. The van der Waals surface area contributed by atoms with Gasteiger partial charge in [-0.3, -0.25) is 0 Å². The zero-order chi connectivity index (χ0) is 14.4. The van der Waals surface area contributed by atoms with Crippen LogP contribution in [0.1, 0.15) is 11.1 Å². The van der Waals surface area contributed by atoms with E-state index in [0.717, 1.165) is 18.7 Å². The summed E-state index contributed by atoms with van der Waals surface area (Å²) in [4.78, 5) is 0. The van der Waals surface area contributed by atoms with Crippen molar-refractivity contribution >= 4 is 11.6 Å². The van der Waals surface area contributed by atoms with Crippen LogP contribution in [0.5, 0.6) is 5.75 Å². The van der Waals surface area contributed by atoms with Crippen molar-refractivity contribution in [3.8, 4) is 5.75 Å². The van der Waals surface area contributed by atoms with Crippen LogP contribution in [0.15, 0.2) is 42.5 Å². The molecule has 2 aromatic rings. The number of hydrogen-bond acceptors (Lipinski definition) is 2. The Morgan fingerprint density at radius 3 is 2.60 bits per heavy atom. The maximum atomic E-state index is 13.5. The van der Waals surface area contributed by atoms with E-state index in [2.05, 4.69) is 5.32 Å². The lowest BCUT2D eigenvalue weighted by molar-refractivity contribution is 0.414. The van der Waals surface area contributed by atoms with E-state index >= 15 is 0 Å². The molecule has 20 heavy (non-hydrogen) atoms. The number of hydrogen-bond donors (Lipinski definition) is 1. The SMILES string of the molecule is COc1ccc(CCNCc2cc(Cl)ccc2F)cc1. The predicted octanol–water partition coefficient (Wildman–Crippen LogP) is 3.82. The Hall–Kier alpha value is -1.58. The van der Waals surface area contributed by atoms with E-state index in [0.29, 0.717) is 17.1 Å². The van der Waals surface area contributed by atoms with Crippen molar-refractivity contribution in [1.29, 1.82) is 0 Å². The molecule has 0 aliphatic carbocycles. The first-order chi connectivity index (χ1) is 9.69. The molecule has 0 unspecified atom stereocenters. The summed E-state index contributed by atoms with van der Waals surface area (Å²) >= 11 is 5.85. The molecule has 0 aliphatic rings. The fraction of sp³-hybridized carbons (Fsp3) is 0.250. The molecule has 2 aromatic carbocycles. The summed E-state index contributed by atoms with van der Waals surface area (Å²) < 4.78 is 18.6. The first-order valence-corrected chi connectivity index (χ1v) is 6.84. The van der Waals surface area contributed by atoms with Gasteiger partial charge in [-0.1, -0.05) is 23.7 Å². The van der Waals surface area contributed by atoms with Crippen molar-refractivity contribution in [2.24, 2.45) is 0 Å². The van der Waals surface area contributed by atoms with Gasteiger partial charge in [0.15, 0.2) is 0 Å². The molecule has 0 aromatic heterocycles. The minimum atomic E-state index is -0.230. The van der Waals surface area contributed by atoms with Crippen molar-refractivity contribution in [3.63, 3.8) is 0 Å². The second kappa shape index (κ2) is 7.27. The Morgan fingerprint density at radius 1 is 1.15 bits per heavy atom. The molecule has 0 heterocycles. The highest BCUT2D eigenvalue weighted by molar-refractivity contribution is 6.30. The zero-order valence-corrected chi connectivity index (χ0v) is 12.1. The number of methoxy groups -OCH3 is 1. The van der Waals surface area contributed by atoms with Crippen LogP contribution < -0.4 is 10.1 Å². The molecule has 0 saturated carbocycles. The summed E-state index contributed by atoms with van der Waals surface area (Å²) in [5, 5.41) is 3.77. The van der Waals surface area contributed by atoms with E-state index in [9.17, 15) is 4.39 Å². The number of rotatable bonds is 6. The Bertz CT molecular complexity index is 557. The normalized spacial score (nSPS) is 10.6. The van der Waals surface area contributed by atoms with Crippen LogP contribution in [0.3, 0.4) is 0 Å². The van der Waals surface area contributed by atoms with Crippen LogP contribution in [0.25, 0.3) is 0 Å². The Morgan fingerprint density at radius 2 is 1.90 bits per heavy atom. The molecule has 0 spiro atoms. The smallest absolute Gasteiger partial charge is 0.127 e. The molecule has 1 N–H and O–H groups in total. The Kier molecular flexibility index (Phi) is 5.39. The van der Waals surface area contributed by atoms with Gasteiger partial charge in [0.25, 0.3) is 0 Å². The van der Waals surface area contributed by atoms with Crippen molar-refractivity contribution in [2.45, 2.75) is 13.0 Å². The van der Waals surface area contributed by atoms with E-state index in [1.54, 1.807) is 19.2 Å². The van der Waals surface area contributed by atoms with Gasteiger partial charge in [-0.15, -0.1) is 0 Å². The number of nitrogens with one attached hydrogen (secondary N) is 1. The highest BCUT2D eigenvalue weighted by atomic mass is 35.5. The molecular weight excluding hydrogens is 277 g/mol. The molecule has 0 aliphatic heterocycles. The third-order valence-corrected chi connectivity index (χ3v) is 3.31. The van der Waals surface area contributed by atoms with Gasteiger partial charge in [0.05, 0.1) is 7.11 Å². The lowest BCUT2D eigenvalue weighted by atomic mass is 10.1. The minimum absolute atomic E-state index is 0.230. The minimum Gasteiger partial charge on any atom is -0.497 e. The summed E-state index contributed by atoms with van der Waals surface area (Å²) in [5.41, 5.74) is 1.80. The second-order valence-electron chi connectivity index (χ2n) is 4.51. The van der Waals surface area contributed by atoms with Gasteiger partial charge in [-0.05, 0) is 48.9 Å². The van der Waals surface area contributed by atoms with Gasteiger partial charge in [0.1, 0.15) is 11.6 Å². The van der Waals surface area contributed by atoms with Crippen molar-refractivity contribution in [3.05, 3.63) is 64.4 Å². The average molecular weight is 294 g/mol. The molecular formula is C16H17ClFNO. The molecule has 2 nitrogen and oxygen atoms in total. The largest absolute Gasteiger partial charge is 0.497 e. The summed E-state index contributed by atoms with van der Waals surface area (Å²) in [6, 6.07) is 12.5. The third-order valence-electron chi connectivity index (χ3n) is 3.07. The average Bonchev–Trinajstić information content (AvgIpc) is 2.47. The van der Waals surface area contributed by atoms with E-state index in [-0.39, 0.29) is 5.82 Å². The van der Waals surface area contributed by atoms with Crippen LogP contribution in [-0.4, -0.2) is 13.7 Å². The van der Waals surface area contributed by atoms with Crippen LogP contribution in [-0.2, 0) is 13.0 Å². The van der Waals surface area contributed by atoms with Crippen LogP contribution in [0, 0.1) is 5.82 Å². The molecule has 0 bridgehead atoms. The van der Waals surface area contributed by atoms with Gasteiger partial charge < -0.3 is 10.1 Å². The van der Waals surface area contributed by atoms with Crippen molar-refractivity contribution in [2.75, 3.05) is 13.7 Å². The number of ether oxygens (including phenoxy) is 1. The predicted molar refractivity (Wildman–Crippen MR) is 79.8 cm³/mol. The Labute approximate surface area is 123 Å². The fourth-order valence-corrected chi connectivity index (χ4v) is 2.12. The molecule has 0 radical (unpaired) electrons. The van der Waals surface area contributed by atoms with E-state index in [1.807, 2.05) is 24.3 Å². The third kappa shape index (κ3) is 4.22. The fourth-order valence-electron chi connectivity index (χ4n) is 1.93. The monoisotopic (exact) mass is 293 g/mol. The van der Waals surface area contributed by atoms with Gasteiger partial charge in [-0.2, -0.15) is 0 Å². The standard InChI is InChI=1S/C16H17ClFNO/c1-20-15-5-2-12(3-6-15)8-9-19-11-13-10-14(17)4-7-16(13)18/h2-7,10,19H,8-9,11H2,1H3. The maximum absolute atomic E-state index is 13.5. The molecule has 0 fully saturated rings. The van der Waals surface area contributed by atoms with Gasteiger partial charge >= 0.3 is 0 Å². The summed E-state index contributed by atoms with van der Waals surface area (Å²) in [6.07, 6.45) is 0.881. The van der Waals surface area contributed by atoms with Gasteiger partial charge in [0, 0.05) is 17.1 Å². The van der Waals surface area contributed by atoms with E-state index in [1.165, 1.54) is 11.6 Å². The highest BCUT2D eigenvalue weighted by Gasteiger charge is 2.02. The summed E-state index contributed by atoms with van der Waals surface area (Å²) in [6.45, 7) is 1.25. The summed E-state index contributed by atoms with van der Waals surface area (Å²) in [7, 11) is 1.65. The quantitative estimate of drug-likeness (QED) is 0.818. The maximum Gasteiger partial charge on any atom is 0.127 e. The number of halogens is 2. The molecule has 0 atom stereocenters. The number of benzene rings is 2. The first-order valence-electron chi connectivity index (χ1n) is 6.46. The lowest BCUT2D eigenvalue weighted by Crippen LogP contribution is -2.17. The first kappa shape index (κ1) is 14.8. The van der Waals surface area contributed by atoms with Crippen LogP contribution in [0.2, 0.25) is 5.02 Å². The molecule has 2 rings (SSSR count). The lowest BCUT2D eigenvalue weighted by Gasteiger charge is -2.07. The molecule has 0 amide bonds. The van der Waals surface area contributed by atoms with Crippen LogP contribution >= 0.6 is 11.6 Å². The Balaban J connectivity index is 1.79. The van der Waals surface area contributed by atoms with Crippen LogP contribution in [0.4, 0.5) is 4.39 Å². The molecule has 0 saturated heterocycles. The molecule has 106 valence electrons. The molecule has 4 heteroatoms. The van der Waals surface area contributed by atoms with E-state index < -0.39 is 0 Å².